The van der Waals surface area contributed by atoms with Gasteiger partial charge in [-0.2, -0.15) is 0 Å². The minimum Gasteiger partial charge on any atom is -0.352 e. The van der Waals surface area contributed by atoms with Crippen molar-refractivity contribution in [1.29, 1.82) is 0 Å². The summed E-state index contributed by atoms with van der Waals surface area (Å²) < 4.78 is 0. The molecular weight excluding hydrogens is 368 g/mol. The van der Waals surface area contributed by atoms with E-state index in [1.165, 1.54) is 11.1 Å². The summed E-state index contributed by atoms with van der Waals surface area (Å²) in [5.41, 5.74) is 1.77. The number of amides is 4. The first-order chi connectivity index (χ1) is 13.9. The van der Waals surface area contributed by atoms with Gasteiger partial charge in [-0.25, -0.2) is 4.79 Å². The molecule has 0 radical (unpaired) electrons. The van der Waals surface area contributed by atoms with Crippen LogP contribution in [0.25, 0.3) is 0 Å². The van der Waals surface area contributed by atoms with E-state index in [1.807, 2.05) is 13.8 Å². The van der Waals surface area contributed by atoms with Crippen molar-refractivity contribution in [3.63, 3.8) is 0 Å². The molecule has 0 aromatic heterocycles. The summed E-state index contributed by atoms with van der Waals surface area (Å²) in [7, 11) is 0. The monoisotopic (exact) mass is 400 g/mol. The Labute approximate surface area is 172 Å². The van der Waals surface area contributed by atoms with Crippen molar-refractivity contribution in [2.75, 3.05) is 19.6 Å². The van der Waals surface area contributed by atoms with E-state index in [2.05, 4.69) is 46.7 Å². The number of rotatable bonds is 7. The van der Waals surface area contributed by atoms with Gasteiger partial charge in [0, 0.05) is 25.7 Å². The molecule has 3 rings (SSSR count). The number of benzene rings is 1. The molecule has 1 aromatic carbocycles. The molecule has 0 unspecified atom stereocenters. The second kappa shape index (κ2) is 8.95. The molecule has 4 amide bonds. The van der Waals surface area contributed by atoms with Crippen LogP contribution in [0, 0.1) is 6.92 Å². The molecule has 0 saturated carbocycles. The van der Waals surface area contributed by atoms with E-state index >= 15 is 0 Å². The van der Waals surface area contributed by atoms with Gasteiger partial charge in [0.25, 0.3) is 5.91 Å². The molecule has 7 nitrogen and oxygen atoms in total. The summed E-state index contributed by atoms with van der Waals surface area (Å²) >= 11 is 0. The summed E-state index contributed by atoms with van der Waals surface area (Å²) in [5, 5.41) is 5.77. The van der Waals surface area contributed by atoms with Gasteiger partial charge in [-0.15, -0.1) is 0 Å². The lowest BCUT2D eigenvalue weighted by Gasteiger charge is -2.33. The molecule has 158 valence electrons. The highest BCUT2D eigenvalue weighted by atomic mass is 16.2. The Bertz CT molecular complexity index is 767. The molecule has 2 heterocycles. The van der Waals surface area contributed by atoms with Crippen LogP contribution in [0.1, 0.15) is 50.7 Å². The highest BCUT2D eigenvalue weighted by Crippen LogP contribution is 2.24. The van der Waals surface area contributed by atoms with Gasteiger partial charge < -0.3 is 10.6 Å². The first-order valence-corrected chi connectivity index (χ1v) is 10.6. The summed E-state index contributed by atoms with van der Waals surface area (Å²) in [4.78, 5) is 40.7. The largest absolute Gasteiger partial charge is 0.352 e. The molecule has 2 aliphatic rings. The fraction of sp³-hybridized carbons (Fsp3) is 0.591. The predicted octanol–water partition coefficient (Wildman–Crippen LogP) is 2.19. The molecule has 0 aliphatic carbocycles. The van der Waals surface area contributed by atoms with Crippen molar-refractivity contribution in [3.8, 4) is 0 Å². The third-order valence-electron chi connectivity index (χ3n) is 6.36. The number of hydrogen-bond acceptors (Lipinski definition) is 4. The summed E-state index contributed by atoms with van der Waals surface area (Å²) in [6.45, 7) is 8.41. The van der Waals surface area contributed by atoms with Crippen LogP contribution in [0.15, 0.2) is 24.3 Å². The molecule has 0 atom stereocenters. The Kier molecular flexibility index (Phi) is 6.57. The Morgan fingerprint density at radius 1 is 1.17 bits per heavy atom. The van der Waals surface area contributed by atoms with Crippen LogP contribution in [0.2, 0.25) is 0 Å². The second-order valence-corrected chi connectivity index (χ2v) is 8.16. The van der Waals surface area contributed by atoms with E-state index in [0.29, 0.717) is 12.8 Å². The van der Waals surface area contributed by atoms with Gasteiger partial charge in [0.05, 0.1) is 0 Å². The van der Waals surface area contributed by atoms with Crippen LogP contribution in [-0.4, -0.2) is 58.9 Å². The number of hydrogen-bond donors (Lipinski definition) is 2. The van der Waals surface area contributed by atoms with Crippen molar-refractivity contribution in [2.24, 2.45) is 0 Å². The Morgan fingerprint density at radius 3 is 2.41 bits per heavy atom. The summed E-state index contributed by atoms with van der Waals surface area (Å²) in [5.74, 6) is -0.565. The lowest BCUT2D eigenvalue weighted by molar-refractivity contribution is -0.135. The molecule has 2 aliphatic heterocycles. The van der Waals surface area contributed by atoms with Crippen LogP contribution in [0.4, 0.5) is 4.79 Å². The Hall–Kier alpha value is -2.41. The number of piperidine rings is 1. The molecule has 7 heteroatoms. The zero-order valence-corrected chi connectivity index (χ0v) is 17.7. The molecule has 2 N–H and O–H groups in total. The number of imide groups is 1. The van der Waals surface area contributed by atoms with Crippen LogP contribution in [0.5, 0.6) is 0 Å². The van der Waals surface area contributed by atoms with E-state index in [1.54, 1.807) is 0 Å². The molecule has 2 saturated heterocycles. The number of carbonyl (C=O) groups is 3. The van der Waals surface area contributed by atoms with Crippen molar-refractivity contribution in [1.82, 2.24) is 20.4 Å². The zero-order valence-electron chi connectivity index (χ0n) is 17.7. The average molecular weight is 401 g/mol. The molecule has 0 spiro atoms. The number of nitrogens with zero attached hydrogens (tertiary/aromatic N) is 2. The first kappa shape index (κ1) is 21.3. The van der Waals surface area contributed by atoms with Gasteiger partial charge in [-0.05, 0) is 43.7 Å². The van der Waals surface area contributed by atoms with Crippen LogP contribution in [0.3, 0.4) is 0 Å². The zero-order chi connectivity index (χ0) is 21.0. The van der Waals surface area contributed by atoms with Crippen LogP contribution in [-0.2, 0) is 16.1 Å². The maximum absolute atomic E-state index is 12.6. The van der Waals surface area contributed by atoms with Gasteiger partial charge in [0.15, 0.2) is 0 Å². The molecule has 2 fully saturated rings. The van der Waals surface area contributed by atoms with Crippen molar-refractivity contribution >= 4 is 17.8 Å². The smallest absolute Gasteiger partial charge is 0.325 e. The van der Waals surface area contributed by atoms with E-state index < -0.39 is 11.6 Å². The third kappa shape index (κ3) is 4.61. The Morgan fingerprint density at radius 2 is 1.83 bits per heavy atom. The van der Waals surface area contributed by atoms with Gasteiger partial charge in [-0.3, -0.25) is 19.4 Å². The summed E-state index contributed by atoms with van der Waals surface area (Å²) in [6.07, 6.45) is 2.77. The minimum atomic E-state index is -0.863. The molecule has 1 aromatic rings. The van der Waals surface area contributed by atoms with Crippen molar-refractivity contribution < 1.29 is 14.4 Å². The van der Waals surface area contributed by atoms with E-state index in [-0.39, 0.29) is 24.4 Å². The average Bonchev–Trinajstić information content (AvgIpc) is 2.96. The molecular formula is C22H32N4O3. The van der Waals surface area contributed by atoms with Gasteiger partial charge in [0.2, 0.25) is 5.91 Å². The summed E-state index contributed by atoms with van der Waals surface area (Å²) in [6, 6.07) is 8.02. The van der Waals surface area contributed by atoms with E-state index in [4.69, 9.17) is 0 Å². The lowest BCUT2D eigenvalue weighted by Crippen LogP contribution is -2.49. The van der Waals surface area contributed by atoms with Crippen LogP contribution < -0.4 is 10.6 Å². The highest BCUT2D eigenvalue weighted by molar-refractivity contribution is 6.09. The van der Waals surface area contributed by atoms with Crippen molar-refractivity contribution in [3.05, 3.63) is 35.4 Å². The first-order valence-electron chi connectivity index (χ1n) is 10.6. The maximum atomic E-state index is 12.6. The van der Waals surface area contributed by atoms with Crippen molar-refractivity contribution in [2.45, 2.75) is 64.6 Å². The standard InChI is InChI=1S/C22H32N4O3/c1-4-22(5-2)20(28)26(21(29)24-22)15-19(27)23-18-10-12-25(13-11-18)14-17-9-7-6-8-16(17)3/h6-9,18H,4-5,10-15H2,1-3H3,(H,23,27)(H,24,29). The fourth-order valence-electron chi connectivity index (χ4n) is 4.23. The van der Waals surface area contributed by atoms with E-state index in [0.717, 1.165) is 37.4 Å². The highest BCUT2D eigenvalue weighted by Gasteiger charge is 2.49. The molecule has 29 heavy (non-hydrogen) atoms. The number of carbonyl (C=O) groups excluding carboxylic acids is 3. The topological polar surface area (TPSA) is 81.8 Å². The normalized spacial score (nSPS) is 20.0. The fourth-order valence-corrected chi connectivity index (χ4v) is 4.23. The van der Waals surface area contributed by atoms with E-state index in [9.17, 15) is 14.4 Å². The number of urea groups is 1. The van der Waals surface area contributed by atoms with Gasteiger partial charge in [-0.1, -0.05) is 38.1 Å². The quantitative estimate of drug-likeness (QED) is 0.688. The lowest BCUT2D eigenvalue weighted by atomic mass is 9.93. The number of aryl methyl sites for hydroxylation is 1. The van der Waals surface area contributed by atoms with Gasteiger partial charge >= 0.3 is 6.03 Å². The van der Waals surface area contributed by atoms with Gasteiger partial charge in [0.1, 0.15) is 12.1 Å². The number of likely N-dealkylation sites (tertiary alicyclic amines) is 1. The number of nitrogens with one attached hydrogen (secondary N) is 2. The third-order valence-corrected chi connectivity index (χ3v) is 6.36. The maximum Gasteiger partial charge on any atom is 0.325 e. The SMILES string of the molecule is CCC1(CC)NC(=O)N(CC(=O)NC2CCN(Cc3ccccc3C)CC2)C1=O. The second-order valence-electron chi connectivity index (χ2n) is 8.16. The van der Waals surface area contributed by atoms with Crippen LogP contribution >= 0.6 is 0 Å². The predicted molar refractivity (Wildman–Crippen MR) is 111 cm³/mol. The Balaban J connectivity index is 1.47. The minimum absolute atomic E-state index is 0.0819. The molecule has 0 bridgehead atoms.